The van der Waals surface area contributed by atoms with E-state index < -0.39 is 5.82 Å². The number of aromatic nitrogens is 1. The smallest absolute Gasteiger partial charge is 0.166 e. The van der Waals surface area contributed by atoms with E-state index in [0.717, 1.165) is 12.0 Å². The van der Waals surface area contributed by atoms with Gasteiger partial charge in [0.2, 0.25) is 0 Å². The SMILES string of the molecule is NCC1CC1c1cc(F)c(Cl)nc1Cl. The molecule has 14 heavy (non-hydrogen) atoms. The van der Waals surface area contributed by atoms with Crippen LogP contribution in [0.4, 0.5) is 4.39 Å². The lowest BCUT2D eigenvalue weighted by Gasteiger charge is -2.03. The molecule has 0 aliphatic heterocycles. The zero-order valence-electron chi connectivity index (χ0n) is 7.30. The standard InChI is InChI=1S/C9H9Cl2FN2/c10-8-6(5-1-4(5)3-13)2-7(12)9(11)14-8/h2,4-5H,1,3,13H2. The summed E-state index contributed by atoms with van der Waals surface area (Å²) in [5.74, 6) is 0.149. The maximum atomic E-state index is 13.1. The van der Waals surface area contributed by atoms with Crippen molar-refractivity contribution < 1.29 is 4.39 Å². The van der Waals surface area contributed by atoms with Gasteiger partial charge in [-0.3, -0.25) is 0 Å². The van der Waals surface area contributed by atoms with Crippen LogP contribution in [-0.4, -0.2) is 11.5 Å². The molecule has 1 aliphatic rings. The van der Waals surface area contributed by atoms with Gasteiger partial charge < -0.3 is 5.73 Å². The van der Waals surface area contributed by atoms with E-state index in [4.69, 9.17) is 28.9 Å². The fraction of sp³-hybridized carbons (Fsp3) is 0.444. The first kappa shape index (κ1) is 10.1. The van der Waals surface area contributed by atoms with Gasteiger partial charge in [0.25, 0.3) is 0 Å². The Balaban J connectivity index is 2.31. The van der Waals surface area contributed by atoms with Crippen LogP contribution in [0.25, 0.3) is 0 Å². The molecule has 1 aromatic rings. The van der Waals surface area contributed by atoms with Crippen LogP contribution in [0, 0.1) is 11.7 Å². The number of nitrogens with zero attached hydrogens (tertiary/aromatic N) is 1. The van der Waals surface area contributed by atoms with Gasteiger partial charge in [0.1, 0.15) is 5.15 Å². The van der Waals surface area contributed by atoms with E-state index in [9.17, 15) is 4.39 Å². The van der Waals surface area contributed by atoms with Crippen LogP contribution >= 0.6 is 23.2 Å². The van der Waals surface area contributed by atoms with Gasteiger partial charge >= 0.3 is 0 Å². The van der Waals surface area contributed by atoms with Crippen molar-refractivity contribution in [1.82, 2.24) is 4.98 Å². The molecule has 2 N–H and O–H groups in total. The molecule has 0 aromatic carbocycles. The Morgan fingerprint density at radius 1 is 1.50 bits per heavy atom. The molecule has 1 heterocycles. The minimum atomic E-state index is -0.520. The number of rotatable bonds is 2. The van der Waals surface area contributed by atoms with Crippen molar-refractivity contribution in [3.8, 4) is 0 Å². The molecule has 76 valence electrons. The molecule has 0 bridgehead atoms. The lowest BCUT2D eigenvalue weighted by Crippen LogP contribution is -2.02. The summed E-state index contributed by atoms with van der Waals surface area (Å²) in [6.07, 6.45) is 0.957. The second-order valence-corrected chi connectivity index (χ2v) is 4.20. The lowest BCUT2D eigenvalue weighted by molar-refractivity contribution is 0.618. The maximum Gasteiger partial charge on any atom is 0.166 e. The topological polar surface area (TPSA) is 38.9 Å². The Hall–Kier alpha value is -0.380. The summed E-state index contributed by atoms with van der Waals surface area (Å²) in [6.45, 7) is 0.602. The third-order valence-corrected chi connectivity index (χ3v) is 3.11. The molecule has 1 saturated carbocycles. The molecule has 0 saturated heterocycles. The Bertz CT molecular complexity index is 370. The van der Waals surface area contributed by atoms with Crippen LogP contribution < -0.4 is 5.73 Å². The predicted octanol–water partition coefficient (Wildman–Crippen LogP) is 2.59. The van der Waals surface area contributed by atoms with Gasteiger partial charge in [0, 0.05) is 0 Å². The maximum absolute atomic E-state index is 13.1. The van der Waals surface area contributed by atoms with E-state index in [1.807, 2.05) is 0 Å². The largest absolute Gasteiger partial charge is 0.330 e. The van der Waals surface area contributed by atoms with Gasteiger partial charge in [-0.2, -0.15) is 0 Å². The first-order valence-corrected chi connectivity index (χ1v) is 5.10. The first-order valence-electron chi connectivity index (χ1n) is 4.35. The highest BCUT2D eigenvalue weighted by Crippen LogP contribution is 2.48. The summed E-state index contributed by atoms with van der Waals surface area (Å²) in [5, 5.41) is 0.112. The highest BCUT2D eigenvalue weighted by Gasteiger charge is 2.39. The van der Waals surface area contributed by atoms with Gasteiger partial charge in [0.05, 0.1) is 0 Å². The Morgan fingerprint density at radius 2 is 2.21 bits per heavy atom. The highest BCUT2D eigenvalue weighted by atomic mass is 35.5. The molecule has 1 aromatic heterocycles. The van der Waals surface area contributed by atoms with Gasteiger partial charge in [-0.25, -0.2) is 9.37 Å². The fourth-order valence-corrected chi connectivity index (χ4v) is 2.07. The number of nitrogens with two attached hydrogens (primary N) is 1. The normalized spacial score (nSPS) is 25.1. The third kappa shape index (κ3) is 1.72. The number of hydrogen-bond donors (Lipinski definition) is 1. The van der Waals surface area contributed by atoms with Gasteiger partial charge in [0.15, 0.2) is 11.0 Å². The number of hydrogen-bond acceptors (Lipinski definition) is 2. The summed E-state index contributed by atoms with van der Waals surface area (Å²) < 4.78 is 13.1. The van der Waals surface area contributed by atoms with E-state index in [0.29, 0.717) is 12.5 Å². The molecule has 1 aliphatic carbocycles. The summed E-state index contributed by atoms with van der Waals surface area (Å²) in [6, 6.07) is 1.36. The molecule has 1 fully saturated rings. The second-order valence-electron chi connectivity index (χ2n) is 3.48. The Morgan fingerprint density at radius 3 is 2.79 bits per heavy atom. The first-order chi connectivity index (χ1) is 6.63. The zero-order chi connectivity index (χ0) is 10.3. The Labute approximate surface area is 91.2 Å². The predicted molar refractivity (Wildman–Crippen MR) is 54.1 cm³/mol. The van der Waals surface area contributed by atoms with Crippen molar-refractivity contribution in [2.75, 3.05) is 6.54 Å². The number of halogens is 3. The van der Waals surface area contributed by atoms with Crippen LogP contribution in [0.3, 0.4) is 0 Å². The lowest BCUT2D eigenvalue weighted by atomic mass is 10.1. The van der Waals surface area contributed by atoms with Crippen molar-refractivity contribution in [1.29, 1.82) is 0 Å². The Kier molecular flexibility index (Phi) is 2.64. The van der Waals surface area contributed by atoms with E-state index in [2.05, 4.69) is 4.98 Å². The average molecular weight is 235 g/mol. The zero-order valence-corrected chi connectivity index (χ0v) is 8.82. The number of pyridine rings is 1. The molecular formula is C9H9Cl2FN2. The summed E-state index contributed by atoms with van der Waals surface area (Å²) in [4.78, 5) is 3.72. The molecule has 2 atom stereocenters. The van der Waals surface area contributed by atoms with Gasteiger partial charge in [-0.15, -0.1) is 0 Å². The van der Waals surface area contributed by atoms with Crippen LogP contribution in [0.15, 0.2) is 6.07 Å². The summed E-state index contributed by atoms with van der Waals surface area (Å²) in [5.41, 5.74) is 6.22. The van der Waals surface area contributed by atoms with Crippen LogP contribution in [0.5, 0.6) is 0 Å². The minimum Gasteiger partial charge on any atom is -0.330 e. The molecule has 2 rings (SSSR count). The van der Waals surface area contributed by atoms with Crippen LogP contribution in [0.2, 0.25) is 10.3 Å². The molecule has 0 radical (unpaired) electrons. The van der Waals surface area contributed by atoms with Crippen molar-refractivity contribution >= 4 is 23.2 Å². The van der Waals surface area contributed by atoms with Gasteiger partial charge in [-0.05, 0) is 36.4 Å². The highest BCUT2D eigenvalue weighted by molar-refractivity contribution is 6.33. The monoisotopic (exact) mass is 234 g/mol. The average Bonchev–Trinajstić information content (AvgIpc) is 2.90. The van der Waals surface area contributed by atoms with E-state index in [1.165, 1.54) is 6.07 Å². The molecule has 2 unspecified atom stereocenters. The third-order valence-electron chi connectivity index (χ3n) is 2.54. The molecule has 5 heteroatoms. The summed E-state index contributed by atoms with van der Waals surface area (Å²) in [7, 11) is 0. The summed E-state index contributed by atoms with van der Waals surface area (Å²) >= 11 is 11.3. The molecular weight excluding hydrogens is 226 g/mol. The quantitative estimate of drug-likeness (QED) is 0.800. The second kappa shape index (κ2) is 3.65. The molecule has 2 nitrogen and oxygen atoms in total. The molecule has 0 amide bonds. The van der Waals surface area contributed by atoms with Crippen molar-refractivity contribution in [3.05, 3.63) is 27.8 Å². The molecule has 0 spiro atoms. The van der Waals surface area contributed by atoms with E-state index >= 15 is 0 Å². The minimum absolute atomic E-state index is 0.177. The fourth-order valence-electron chi connectivity index (χ4n) is 1.61. The van der Waals surface area contributed by atoms with Crippen LogP contribution in [0.1, 0.15) is 17.9 Å². The van der Waals surface area contributed by atoms with Crippen LogP contribution in [-0.2, 0) is 0 Å². The van der Waals surface area contributed by atoms with Crippen molar-refractivity contribution in [2.45, 2.75) is 12.3 Å². The van der Waals surface area contributed by atoms with Crippen molar-refractivity contribution in [2.24, 2.45) is 11.7 Å². The van der Waals surface area contributed by atoms with Crippen molar-refractivity contribution in [3.63, 3.8) is 0 Å². The van der Waals surface area contributed by atoms with Gasteiger partial charge in [-0.1, -0.05) is 23.2 Å². The van der Waals surface area contributed by atoms with E-state index in [1.54, 1.807) is 0 Å². The van der Waals surface area contributed by atoms with E-state index in [-0.39, 0.29) is 16.2 Å².